The maximum Gasteiger partial charge on any atom is 0.232 e. The van der Waals surface area contributed by atoms with E-state index in [1.54, 1.807) is 13.2 Å². The van der Waals surface area contributed by atoms with E-state index in [1.165, 1.54) is 0 Å². The molecule has 0 unspecified atom stereocenters. The molecule has 1 aliphatic rings. The SMILES string of the molecule is CCn1cc(/C=C2\Oc3cc(OCc4ccc(OC)cc4)cc(C)c3C2=O)c2ccccc21. The Morgan fingerprint density at radius 3 is 2.58 bits per heavy atom. The van der Waals surface area contributed by atoms with Gasteiger partial charge < -0.3 is 18.8 Å². The number of hydrogen-bond donors (Lipinski definition) is 0. The van der Waals surface area contributed by atoms with Gasteiger partial charge in [0, 0.05) is 35.3 Å². The first-order valence-corrected chi connectivity index (χ1v) is 11.0. The van der Waals surface area contributed by atoms with Crippen molar-refractivity contribution in [2.75, 3.05) is 7.11 Å². The van der Waals surface area contributed by atoms with Crippen LogP contribution < -0.4 is 14.2 Å². The van der Waals surface area contributed by atoms with Crippen LogP contribution in [0.15, 0.2) is 72.6 Å². The van der Waals surface area contributed by atoms with Crippen LogP contribution in [0, 0.1) is 6.92 Å². The van der Waals surface area contributed by atoms with Gasteiger partial charge in [-0.25, -0.2) is 0 Å². The van der Waals surface area contributed by atoms with Gasteiger partial charge in [0.05, 0.1) is 12.7 Å². The Balaban J connectivity index is 1.41. The molecule has 0 spiro atoms. The zero-order valence-corrected chi connectivity index (χ0v) is 18.9. The molecule has 5 rings (SSSR count). The van der Waals surface area contributed by atoms with Crippen LogP contribution in [0.5, 0.6) is 17.2 Å². The van der Waals surface area contributed by atoms with Crippen molar-refractivity contribution in [1.29, 1.82) is 0 Å². The lowest BCUT2D eigenvalue weighted by Gasteiger charge is -2.09. The minimum atomic E-state index is -0.0995. The van der Waals surface area contributed by atoms with E-state index >= 15 is 0 Å². The van der Waals surface area contributed by atoms with E-state index in [-0.39, 0.29) is 5.78 Å². The highest BCUT2D eigenvalue weighted by atomic mass is 16.5. The monoisotopic (exact) mass is 439 g/mol. The third-order valence-corrected chi connectivity index (χ3v) is 5.95. The summed E-state index contributed by atoms with van der Waals surface area (Å²) >= 11 is 0. The Bertz CT molecular complexity index is 1380. The molecule has 166 valence electrons. The summed E-state index contributed by atoms with van der Waals surface area (Å²) in [5.41, 5.74) is 4.56. The van der Waals surface area contributed by atoms with Gasteiger partial charge in [0.25, 0.3) is 0 Å². The number of ether oxygens (including phenoxy) is 3. The van der Waals surface area contributed by atoms with Crippen LogP contribution >= 0.6 is 0 Å². The van der Waals surface area contributed by atoms with E-state index in [2.05, 4.69) is 29.8 Å². The topological polar surface area (TPSA) is 49.7 Å². The molecule has 0 aliphatic carbocycles. The molecule has 0 fully saturated rings. The first kappa shape index (κ1) is 20.9. The van der Waals surface area contributed by atoms with E-state index < -0.39 is 0 Å². The van der Waals surface area contributed by atoms with E-state index in [1.807, 2.05) is 55.5 Å². The molecule has 0 saturated heterocycles. The van der Waals surface area contributed by atoms with E-state index in [9.17, 15) is 4.79 Å². The zero-order chi connectivity index (χ0) is 22.9. The lowest BCUT2D eigenvalue weighted by Crippen LogP contribution is -2.00. The molecule has 0 N–H and O–H groups in total. The number of rotatable bonds is 6. The van der Waals surface area contributed by atoms with Gasteiger partial charge in [-0.2, -0.15) is 0 Å². The Labute approximate surface area is 192 Å². The lowest BCUT2D eigenvalue weighted by molar-refractivity contribution is 0.101. The summed E-state index contributed by atoms with van der Waals surface area (Å²) in [6.45, 7) is 5.28. The number of ketones is 1. The van der Waals surface area contributed by atoms with Crippen molar-refractivity contribution in [3.63, 3.8) is 0 Å². The van der Waals surface area contributed by atoms with Gasteiger partial charge in [0.15, 0.2) is 5.76 Å². The van der Waals surface area contributed by atoms with Gasteiger partial charge >= 0.3 is 0 Å². The second-order valence-electron chi connectivity index (χ2n) is 8.08. The lowest BCUT2D eigenvalue weighted by atomic mass is 10.0. The first-order chi connectivity index (χ1) is 16.1. The van der Waals surface area contributed by atoms with Crippen LogP contribution in [0.2, 0.25) is 0 Å². The Morgan fingerprint density at radius 1 is 1.03 bits per heavy atom. The summed E-state index contributed by atoms with van der Waals surface area (Å²) in [4.78, 5) is 13.1. The van der Waals surface area contributed by atoms with Gasteiger partial charge in [-0.15, -0.1) is 0 Å². The minimum Gasteiger partial charge on any atom is -0.497 e. The number of carbonyl (C=O) groups excluding carboxylic acids is 1. The maximum absolute atomic E-state index is 13.1. The second-order valence-corrected chi connectivity index (χ2v) is 8.08. The Morgan fingerprint density at radius 2 is 1.82 bits per heavy atom. The van der Waals surface area contributed by atoms with Gasteiger partial charge in [-0.3, -0.25) is 4.79 Å². The molecular formula is C28H25NO4. The molecule has 1 aromatic heterocycles. The van der Waals surface area contributed by atoms with Crippen LogP contribution in [0.4, 0.5) is 0 Å². The third-order valence-electron chi connectivity index (χ3n) is 5.95. The highest BCUT2D eigenvalue weighted by molar-refractivity contribution is 6.16. The predicted molar refractivity (Wildman–Crippen MR) is 129 cm³/mol. The van der Waals surface area contributed by atoms with Crippen molar-refractivity contribution in [3.05, 3.63) is 94.9 Å². The number of para-hydroxylation sites is 1. The fraction of sp³-hybridized carbons (Fsp3) is 0.179. The molecular weight excluding hydrogens is 414 g/mol. The molecule has 0 radical (unpaired) electrons. The number of nitrogens with zero attached hydrogens (tertiary/aromatic N) is 1. The third kappa shape index (κ3) is 3.87. The number of aryl methyl sites for hydroxylation is 2. The number of allylic oxidation sites excluding steroid dienone is 1. The fourth-order valence-corrected chi connectivity index (χ4v) is 4.24. The number of Topliss-reactive ketones (excluding diaryl/α,β-unsaturated/α-hetero) is 1. The van der Waals surface area contributed by atoms with Crippen LogP contribution in [0.3, 0.4) is 0 Å². The zero-order valence-electron chi connectivity index (χ0n) is 18.9. The van der Waals surface area contributed by atoms with Crippen LogP contribution in [-0.4, -0.2) is 17.5 Å². The van der Waals surface area contributed by atoms with Crippen LogP contribution in [-0.2, 0) is 13.2 Å². The Hall–Kier alpha value is -3.99. The average molecular weight is 440 g/mol. The van der Waals surface area contributed by atoms with Crippen LogP contribution in [0.1, 0.15) is 34.0 Å². The molecule has 5 heteroatoms. The van der Waals surface area contributed by atoms with Gasteiger partial charge in [0.1, 0.15) is 23.9 Å². The summed E-state index contributed by atoms with van der Waals surface area (Å²) in [5, 5.41) is 1.10. The predicted octanol–water partition coefficient (Wildman–Crippen LogP) is 6.17. The highest BCUT2D eigenvalue weighted by Crippen LogP contribution is 2.38. The second kappa shape index (κ2) is 8.51. The van der Waals surface area contributed by atoms with Crippen molar-refractivity contribution in [2.45, 2.75) is 27.0 Å². The highest BCUT2D eigenvalue weighted by Gasteiger charge is 2.30. The molecule has 0 saturated carbocycles. The van der Waals surface area contributed by atoms with Gasteiger partial charge in [-0.1, -0.05) is 30.3 Å². The maximum atomic E-state index is 13.1. The number of methoxy groups -OCH3 is 1. The molecule has 5 nitrogen and oxygen atoms in total. The minimum absolute atomic E-state index is 0.0995. The molecule has 33 heavy (non-hydrogen) atoms. The normalized spacial score (nSPS) is 13.9. The largest absolute Gasteiger partial charge is 0.497 e. The standard InChI is InChI=1S/C28H25NO4/c1-4-29-16-20(23-7-5-6-8-24(23)29)14-26-28(30)27-18(2)13-22(15-25(27)33-26)32-17-19-9-11-21(31-3)12-10-19/h5-16H,4,17H2,1-3H3/b26-14-. The summed E-state index contributed by atoms with van der Waals surface area (Å²) in [7, 11) is 1.64. The van der Waals surface area contributed by atoms with E-state index in [4.69, 9.17) is 14.2 Å². The van der Waals surface area contributed by atoms with Crippen molar-refractivity contribution in [3.8, 4) is 17.2 Å². The molecule has 0 amide bonds. The van der Waals surface area contributed by atoms with Gasteiger partial charge in [0.2, 0.25) is 5.78 Å². The quantitative estimate of drug-likeness (QED) is 0.337. The van der Waals surface area contributed by atoms with Crippen molar-refractivity contribution < 1.29 is 19.0 Å². The van der Waals surface area contributed by atoms with E-state index in [0.717, 1.165) is 39.9 Å². The number of aromatic nitrogens is 1. The molecule has 0 atom stereocenters. The molecule has 0 bridgehead atoms. The summed E-state index contributed by atoms with van der Waals surface area (Å²) in [6.07, 6.45) is 3.90. The summed E-state index contributed by atoms with van der Waals surface area (Å²) in [5.74, 6) is 2.24. The Kier molecular flexibility index (Phi) is 5.38. The number of fused-ring (bicyclic) bond motifs is 2. The smallest absolute Gasteiger partial charge is 0.232 e. The molecule has 3 aromatic carbocycles. The van der Waals surface area contributed by atoms with Gasteiger partial charge in [-0.05, 0) is 55.3 Å². The van der Waals surface area contributed by atoms with Crippen molar-refractivity contribution in [1.82, 2.24) is 4.57 Å². The molecule has 4 aromatic rings. The summed E-state index contributed by atoms with van der Waals surface area (Å²) < 4.78 is 19.4. The number of hydrogen-bond acceptors (Lipinski definition) is 4. The average Bonchev–Trinajstić information content (AvgIpc) is 3.35. The summed E-state index contributed by atoms with van der Waals surface area (Å²) in [6, 6.07) is 19.6. The van der Waals surface area contributed by atoms with Crippen LogP contribution in [0.25, 0.3) is 17.0 Å². The number of benzene rings is 3. The van der Waals surface area contributed by atoms with Crippen molar-refractivity contribution >= 4 is 22.8 Å². The number of carbonyl (C=O) groups is 1. The fourth-order valence-electron chi connectivity index (χ4n) is 4.24. The molecule has 2 heterocycles. The molecule has 1 aliphatic heterocycles. The first-order valence-electron chi connectivity index (χ1n) is 11.0. The van der Waals surface area contributed by atoms with Crippen molar-refractivity contribution in [2.24, 2.45) is 0 Å². The van der Waals surface area contributed by atoms with E-state index in [0.29, 0.717) is 29.4 Å².